The molecule has 2 aromatic rings. The predicted molar refractivity (Wildman–Crippen MR) is 110 cm³/mol. The van der Waals surface area contributed by atoms with Gasteiger partial charge in [0.15, 0.2) is 11.5 Å². The molecule has 0 spiro atoms. The molecule has 0 radical (unpaired) electrons. The lowest BCUT2D eigenvalue weighted by molar-refractivity contribution is -0.122. The molecule has 0 bridgehead atoms. The van der Waals surface area contributed by atoms with Gasteiger partial charge in [0.2, 0.25) is 0 Å². The van der Waals surface area contributed by atoms with Crippen LogP contribution >= 0.6 is 15.9 Å². The van der Waals surface area contributed by atoms with Gasteiger partial charge in [-0.05, 0) is 51.8 Å². The number of amides is 4. The summed E-state index contributed by atoms with van der Waals surface area (Å²) in [7, 11) is 1.42. The molecular weight excluding hydrogens is 459 g/mol. The monoisotopic (exact) mass is 472 g/mol. The number of barbiturate groups is 1. The number of rotatable bonds is 5. The number of imide groups is 2. The highest BCUT2D eigenvalue weighted by atomic mass is 79.9. The lowest BCUT2D eigenvalue weighted by Gasteiger charge is -2.26. The van der Waals surface area contributed by atoms with Gasteiger partial charge in [-0.3, -0.25) is 14.9 Å². The van der Waals surface area contributed by atoms with Gasteiger partial charge >= 0.3 is 6.03 Å². The molecule has 3 rings (SSSR count). The third-order valence-corrected chi connectivity index (χ3v) is 4.65. The first-order chi connectivity index (χ1) is 14.4. The number of terminal acetylenes is 1. The number of halogens is 2. The zero-order valence-corrected chi connectivity index (χ0v) is 17.2. The van der Waals surface area contributed by atoms with Crippen molar-refractivity contribution in [3.8, 4) is 23.8 Å². The molecule has 9 heteroatoms. The van der Waals surface area contributed by atoms with E-state index in [1.807, 2.05) is 5.32 Å². The van der Waals surface area contributed by atoms with Crippen LogP contribution in [0.3, 0.4) is 0 Å². The average molecular weight is 473 g/mol. The number of hydrogen-bond acceptors (Lipinski definition) is 5. The zero-order chi connectivity index (χ0) is 21.8. The Kier molecular flexibility index (Phi) is 6.18. The van der Waals surface area contributed by atoms with Crippen molar-refractivity contribution in [2.24, 2.45) is 0 Å². The van der Waals surface area contributed by atoms with Crippen LogP contribution in [0.2, 0.25) is 0 Å². The number of nitrogens with zero attached hydrogens (tertiary/aromatic N) is 1. The number of anilines is 1. The Balaban J connectivity index is 2.04. The molecule has 1 aliphatic rings. The molecule has 1 fully saturated rings. The highest BCUT2D eigenvalue weighted by Gasteiger charge is 2.38. The Hall–Kier alpha value is -3.64. The number of carbonyl (C=O) groups is 3. The smallest absolute Gasteiger partial charge is 0.336 e. The highest BCUT2D eigenvalue weighted by molar-refractivity contribution is 9.10. The summed E-state index contributed by atoms with van der Waals surface area (Å²) in [6.45, 7) is 0.00992. The summed E-state index contributed by atoms with van der Waals surface area (Å²) in [6.07, 6.45) is 6.46. The lowest BCUT2D eigenvalue weighted by Crippen LogP contribution is -2.54. The van der Waals surface area contributed by atoms with Gasteiger partial charge in [0, 0.05) is 0 Å². The minimum absolute atomic E-state index is 0.00992. The molecule has 1 saturated heterocycles. The van der Waals surface area contributed by atoms with Crippen molar-refractivity contribution >= 4 is 45.5 Å². The largest absolute Gasteiger partial charge is 0.493 e. The number of methoxy groups -OCH3 is 1. The molecule has 7 nitrogen and oxygen atoms in total. The summed E-state index contributed by atoms with van der Waals surface area (Å²) in [6, 6.07) is 7.31. The second-order valence-corrected chi connectivity index (χ2v) is 6.79. The van der Waals surface area contributed by atoms with Gasteiger partial charge < -0.3 is 9.47 Å². The van der Waals surface area contributed by atoms with Crippen LogP contribution in [0.25, 0.3) is 6.08 Å². The first-order valence-electron chi connectivity index (χ1n) is 8.47. The molecule has 152 valence electrons. The summed E-state index contributed by atoms with van der Waals surface area (Å²) in [5, 5.41) is 2.04. The first-order valence-corrected chi connectivity index (χ1v) is 9.26. The molecule has 30 heavy (non-hydrogen) atoms. The van der Waals surface area contributed by atoms with Crippen LogP contribution in [0.4, 0.5) is 14.9 Å². The molecule has 0 saturated carbocycles. The Morgan fingerprint density at radius 3 is 2.67 bits per heavy atom. The molecule has 2 aromatic carbocycles. The van der Waals surface area contributed by atoms with Gasteiger partial charge in [0.05, 0.1) is 17.3 Å². The fourth-order valence-electron chi connectivity index (χ4n) is 2.75. The van der Waals surface area contributed by atoms with E-state index in [1.165, 1.54) is 37.5 Å². The van der Waals surface area contributed by atoms with Crippen molar-refractivity contribution in [3.63, 3.8) is 0 Å². The number of nitrogens with one attached hydrogen (secondary N) is 1. The van der Waals surface area contributed by atoms with Gasteiger partial charge in [-0.1, -0.05) is 18.1 Å². The molecule has 0 atom stereocenters. The summed E-state index contributed by atoms with van der Waals surface area (Å²) >= 11 is 3.33. The predicted octanol–water partition coefficient (Wildman–Crippen LogP) is 3.28. The van der Waals surface area contributed by atoms with E-state index in [9.17, 15) is 18.8 Å². The molecule has 0 aliphatic carbocycles. The van der Waals surface area contributed by atoms with E-state index in [-0.39, 0.29) is 17.9 Å². The quantitative estimate of drug-likeness (QED) is 0.410. The lowest BCUT2D eigenvalue weighted by atomic mass is 10.1. The van der Waals surface area contributed by atoms with Gasteiger partial charge in [0.1, 0.15) is 18.0 Å². The van der Waals surface area contributed by atoms with E-state index in [1.54, 1.807) is 6.07 Å². The number of hydrogen-bond donors (Lipinski definition) is 1. The number of ether oxygens (including phenoxy) is 2. The van der Waals surface area contributed by atoms with E-state index in [2.05, 4.69) is 21.9 Å². The summed E-state index contributed by atoms with van der Waals surface area (Å²) in [4.78, 5) is 37.9. The Morgan fingerprint density at radius 2 is 2.00 bits per heavy atom. The summed E-state index contributed by atoms with van der Waals surface area (Å²) in [5.41, 5.74) is -0.229. The second-order valence-electron chi connectivity index (χ2n) is 5.94. The molecular formula is C21H14BrFN2O5. The number of para-hydroxylation sites is 1. The fourth-order valence-corrected chi connectivity index (χ4v) is 3.33. The maximum atomic E-state index is 14.1. The van der Waals surface area contributed by atoms with Crippen LogP contribution in [0, 0.1) is 18.2 Å². The molecule has 0 aromatic heterocycles. The summed E-state index contributed by atoms with van der Waals surface area (Å²) in [5.74, 6) is 0.343. The Morgan fingerprint density at radius 1 is 1.27 bits per heavy atom. The Labute approximate surface area is 179 Å². The Bertz CT molecular complexity index is 1120. The van der Waals surface area contributed by atoms with Gasteiger partial charge in [0.25, 0.3) is 11.8 Å². The van der Waals surface area contributed by atoms with Crippen LogP contribution in [0.1, 0.15) is 5.56 Å². The van der Waals surface area contributed by atoms with Crippen LogP contribution in [0.5, 0.6) is 11.5 Å². The van der Waals surface area contributed by atoms with E-state index in [0.29, 0.717) is 26.4 Å². The molecule has 1 N–H and O–H groups in total. The third-order valence-electron chi connectivity index (χ3n) is 4.06. The number of urea groups is 1. The first kappa shape index (κ1) is 21.1. The van der Waals surface area contributed by atoms with Crippen LogP contribution in [0.15, 0.2) is 46.4 Å². The van der Waals surface area contributed by atoms with Crippen molar-refractivity contribution in [1.29, 1.82) is 0 Å². The third kappa shape index (κ3) is 4.04. The average Bonchev–Trinajstić information content (AvgIpc) is 2.71. The molecule has 0 unspecified atom stereocenters. The summed E-state index contributed by atoms with van der Waals surface area (Å²) < 4.78 is 25.3. The normalized spacial score (nSPS) is 15.1. The van der Waals surface area contributed by atoms with E-state index >= 15 is 0 Å². The maximum Gasteiger partial charge on any atom is 0.336 e. The van der Waals surface area contributed by atoms with E-state index in [0.717, 1.165) is 6.07 Å². The van der Waals surface area contributed by atoms with Crippen LogP contribution < -0.4 is 19.7 Å². The molecule has 1 aliphatic heterocycles. The maximum absolute atomic E-state index is 14.1. The van der Waals surface area contributed by atoms with Crippen LogP contribution in [-0.4, -0.2) is 31.6 Å². The SMILES string of the molecule is C#CCOc1c(Br)cc(/C=C2\C(=O)NC(=O)N(c3ccccc3F)C2=O)cc1OC. The highest BCUT2D eigenvalue weighted by Crippen LogP contribution is 2.37. The minimum Gasteiger partial charge on any atom is -0.493 e. The molecule has 4 amide bonds. The van der Waals surface area contributed by atoms with Crippen LogP contribution in [-0.2, 0) is 9.59 Å². The zero-order valence-electron chi connectivity index (χ0n) is 15.6. The number of carbonyl (C=O) groups excluding carboxylic acids is 3. The number of benzene rings is 2. The van der Waals surface area contributed by atoms with Gasteiger partial charge in [-0.2, -0.15) is 0 Å². The van der Waals surface area contributed by atoms with Gasteiger partial charge in [-0.15, -0.1) is 6.42 Å². The topological polar surface area (TPSA) is 84.9 Å². The van der Waals surface area contributed by atoms with E-state index in [4.69, 9.17) is 15.9 Å². The van der Waals surface area contributed by atoms with Gasteiger partial charge in [-0.25, -0.2) is 14.1 Å². The van der Waals surface area contributed by atoms with Crippen molar-refractivity contribution in [2.45, 2.75) is 0 Å². The minimum atomic E-state index is -1.04. The van der Waals surface area contributed by atoms with Crippen molar-refractivity contribution < 1.29 is 28.2 Å². The fraction of sp³-hybridized carbons (Fsp3) is 0.0952. The van der Waals surface area contributed by atoms with Crippen molar-refractivity contribution in [2.75, 3.05) is 18.6 Å². The van der Waals surface area contributed by atoms with Crippen molar-refractivity contribution in [1.82, 2.24) is 5.32 Å². The van der Waals surface area contributed by atoms with E-state index < -0.39 is 23.7 Å². The van der Waals surface area contributed by atoms with Crippen molar-refractivity contribution in [3.05, 3.63) is 57.8 Å². The standard InChI is InChI=1S/C21H14BrFN2O5/c1-3-8-30-18-14(22)10-12(11-17(18)29-2)9-13-19(26)24-21(28)25(20(13)27)16-7-5-4-6-15(16)23/h1,4-7,9-11H,8H2,2H3,(H,24,26,28)/b13-9+. The molecule has 1 heterocycles. The second kappa shape index (κ2) is 8.80.